The zero-order valence-corrected chi connectivity index (χ0v) is 11.2. The molecule has 102 valence electrons. The number of carbonyl (C=O) groups excluding carboxylic acids is 1. The molecule has 0 radical (unpaired) electrons. The van der Waals surface area contributed by atoms with Crippen LogP contribution in [0.1, 0.15) is 18.1 Å². The average molecular weight is 260 g/mol. The highest BCUT2D eigenvalue weighted by Gasteiger charge is 2.45. The smallest absolute Gasteiger partial charge is 0.230 e. The van der Waals surface area contributed by atoms with Gasteiger partial charge in [-0.05, 0) is 30.9 Å². The largest absolute Gasteiger partial charge is 0.379 e. The second-order valence-corrected chi connectivity index (χ2v) is 5.89. The summed E-state index contributed by atoms with van der Waals surface area (Å²) < 4.78 is 5.33. The van der Waals surface area contributed by atoms with Gasteiger partial charge in [-0.3, -0.25) is 4.79 Å². The lowest BCUT2D eigenvalue weighted by Gasteiger charge is -2.27. The van der Waals surface area contributed by atoms with Gasteiger partial charge in [-0.15, -0.1) is 0 Å². The number of ether oxygens (including phenoxy) is 1. The molecule has 0 bridgehead atoms. The van der Waals surface area contributed by atoms with Crippen LogP contribution in [0.4, 0.5) is 0 Å². The number of hydrogen-bond donors (Lipinski definition) is 2. The van der Waals surface area contributed by atoms with Crippen LogP contribution in [0.3, 0.4) is 0 Å². The van der Waals surface area contributed by atoms with Crippen molar-refractivity contribution in [3.63, 3.8) is 0 Å². The summed E-state index contributed by atoms with van der Waals surface area (Å²) in [5.41, 5.74) is 8.07. The maximum absolute atomic E-state index is 12.4. The summed E-state index contributed by atoms with van der Waals surface area (Å²) in [6.45, 7) is 2.77. The minimum absolute atomic E-state index is 0.0234. The van der Waals surface area contributed by atoms with Gasteiger partial charge in [0.2, 0.25) is 5.91 Å². The summed E-state index contributed by atoms with van der Waals surface area (Å²) in [5, 5.41) is 3.14. The van der Waals surface area contributed by atoms with Crippen LogP contribution in [0, 0.1) is 5.41 Å². The molecule has 1 aliphatic carbocycles. The predicted molar refractivity (Wildman–Crippen MR) is 72.7 cm³/mol. The molecule has 1 aromatic carbocycles. The molecule has 0 spiro atoms. The Morgan fingerprint density at radius 1 is 1.37 bits per heavy atom. The van der Waals surface area contributed by atoms with E-state index in [4.69, 9.17) is 10.5 Å². The standard InChI is InChI=1S/C15H20N2O2/c1-15(9-19-8-13(15)16)14(18)17-12-6-10-4-2-3-5-11(10)7-12/h2-5,12-13H,6-9,16H2,1H3,(H,17,18). The molecule has 1 saturated heterocycles. The first-order valence-corrected chi connectivity index (χ1v) is 6.80. The molecule has 0 saturated carbocycles. The summed E-state index contributed by atoms with van der Waals surface area (Å²) in [7, 11) is 0. The zero-order valence-electron chi connectivity index (χ0n) is 11.2. The fourth-order valence-electron chi connectivity index (χ4n) is 2.93. The Kier molecular flexibility index (Phi) is 3.07. The normalized spacial score (nSPS) is 30.3. The number of nitrogens with two attached hydrogens (primary N) is 1. The van der Waals surface area contributed by atoms with Gasteiger partial charge in [0.1, 0.15) is 0 Å². The lowest BCUT2D eigenvalue weighted by Crippen LogP contribution is -2.52. The van der Waals surface area contributed by atoms with E-state index < -0.39 is 5.41 Å². The molecule has 1 fully saturated rings. The van der Waals surface area contributed by atoms with Crippen molar-refractivity contribution in [2.45, 2.75) is 31.8 Å². The highest BCUT2D eigenvalue weighted by Crippen LogP contribution is 2.28. The van der Waals surface area contributed by atoms with Crippen molar-refractivity contribution >= 4 is 5.91 Å². The molecule has 4 nitrogen and oxygen atoms in total. The Balaban J connectivity index is 1.66. The van der Waals surface area contributed by atoms with Gasteiger partial charge in [0.25, 0.3) is 0 Å². The van der Waals surface area contributed by atoms with E-state index in [9.17, 15) is 4.79 Å². The second-order valence-electron chi connectivity index (χ2n) is 5.89. The fourth-order valence-corrected chi connectivity index (χ4v) is 2.93. The molecule has 2 aliphatic rings. The fraction of sp³-hybridized carbons (Fsp3) is 0.533. The molecule has 2 unspecified atom stereocenters. The maximum atomic E-state index is 12.4. The molecule has 2 atom stereocenters. The van der Waals surface area contributed by atoms with Gasteiger partial charge in [0.15, 0.2) is 0 Å². The Morgan fingerprint density at radius 2 is 2.00 bits per heavy atom. The number of benzene rings is 1. The number of carbonyl (C=O) groups is 1. The molecular formula is C15H20N2O2. The number of nitrogens with one attached hydrogen (secondary N) is 1. The SMILES string of the molecule is CC1(C(=O)NC2Cc3ccccc3C2)COCC1N. The topological polar surface area (TPSA) is 64.3 Å². The van der Waals surface area contributed by atoms with Crippen molar-refractivity contribution in [1.29, 1.82) is 0 Å². The monoisotopic (exact) mass is 260 g/mol. The highest BCUT2D eigenvalue weighted by atomic mass is 16.5. The van der Waals surface area contributed by atoms with Crippen LogP contribution in [-0.4, -0.2) is 31.2 Å². The van der Waals surface area contributed by atoms with Crippen LogP contribution in [0.5, 0.6) is 0 Å². The van der Waals surface area contributed by atoms with Crippen LogP contribution in [0.15, 0.2) is 24.3 Å². The molecule has 1 amide bonds. The first kappa shape index (κ1) is 12.6. The average Bonchev–Trinajstić information content (AvgIpc) is 2.94. The molecular weight excluding hydrogens is 240 g/mol. The number of hydrogen-bond acceptors (Lipinski definition) is 3. The van der Waals surface area contributed by atoms with E-state index in [0.717, 1.165) is 12.8 Å². The van der Waals surface area contributed by atoms with Crippen LogP contribution in [0.2, 0.25) is 0 Å². The van der Waals surface area contributed by atoms with Gasteiger partial charge in [-0.2, -0.15) is 0 Å². The van der Waals surface area contributed by atoms with Gasteiger partial charge in [-0.25, -0.2) is 0 Å². The van der Waals surface area contributed by atoms with Crippen molar-refractivity contribution in [2.24, 2.45) is 11.1 Å². The molecule has 1 aromatic rings. The third-order valence-electron chi connectivity index (χ3n) is 4.42. The summed E-state index contributed by atoms with van der Waals surface area (Å²) in [6, 6.07) is 8.34. The molecule has 3 N–H and O–H groups in total. The Bertz CT molecular complexity index is 478. The molecule has 19 heavy (non-hydrogen) atoms. The van der Waals surface area contributed by atoms with E-state index in [1.807, 2.05) is 19.1 Å². The Labute approximate surface area is 113 Å². The predicted octanol–water partition coefficient (Wildman–Crippen LogP) is 0.634. The van der Waals surface area contributed by atoms with Crippen molar-refractivity contribution in [2.75, 3.05) is 13.2 Å². The first-order valence-electron chi connectivity index (χ1n) is 6.80. The van der Waals surface area contributed by atoms with Crippen molar-refractivity contribution in [1.82, 2.24) is 5.32 Å². The van der Waals surface area contributed by atoms with E-state index in [1.54, 1.807) is 0 Å². The van der Waals surface area contributed by atoms with Crippen LogP contribution in [0.25, 0.3) is 0 Å². The van der Waals surface area contributed by atoms with Gasteiger partial charge >= 0.3 is 0 Å². The van der Waals surface area contributed by atoms with Crippen LogP contribution in [-0.2, 0) is 22.4 Å². The first-order chi connectivity index (χ1) is 9.09. The Morgan fingerprint density at radius 3 is 2.53 bits per heavy atom. The molecule has 0 aromatic heterocycles. The van der Waals surface area contributed by atoms with E-state index in [-0.39, 0.29) is 18.0 Å². The zero-order chi connectivity index (χ0) is 13.5. The third-order valence-corrected chi connectivity index (χ3v) is 4.42. The van der Waals surface area contributed by atoms with E-state index in [0.29, 0.717) is 13.2 Å². The van der Waals surface area contributed by atoms with E-state index in [2.05, 4.69) is 17.4 Å². The van der Waals surface area contributed by atoms with Crippen molar-refractivity contribution in [3.8, 4) is 0 Å². The summed E-state index contributed by atoms with van der Waals surface area (Å²) in [6.07, 6.45) is 1.82. The van der Waals surface area contributed by atoms with Gasteiger partial charge in [-0.1, -0.05) is 24.3 Å². The van der Waals surface area contributed by atoms with Crippen molar-refractivity contribution in [3.05, 3.63) is 35.4 Å². The molecule has 3 rings (SSSR count). The number of amides is 1. The third kappa shape index (κ3) is 2.15. The summed E-state index contributed by atoms with van der Waals surface area (Å²) in [5.74, 6) is 0.0234. The van der Waals surface area contributed by atoms with E-state index in [1.165, 1.54) is 11.1 Å². The number of rotatable bonds is 2. The van der Waals surface area contributed by atoms with Gasteiger partial charge < -0.3 is 15.8 Å². The van der Waals surface area contributed by atoms with Crippen LogP contribution >= 0.6 is 0 Å². The second kappa shape index (κ2) is 4.62. The minimum Gasteiger partial charge on any atom is -0.379 e. The Hall–Kier alpha value is -1.39. The molecule has 1 aliphatic heterocycles. The van der Waals surface area contributed by atoms with Gasteiger partial charge in [0, 0.05) is 12.1 Å². The molecule has 4 heteroatoms. The lowest BCUT2D eigenvalue weighted by molar-refractivity contribution is -0.131. The van der Waals surface area contributed by atoms with Crippen molar-refractivity contribution < 1.29 is 9.53 Å². The maximum Gasteiger partial charge on any atom is 0.230 e. The van der Waals surface area contributed by atoms with E-state index >= 15 is 0 Å². The summed E-state index contributed by atoms with van der Waals surface area (Å²) >= 11 is 0. The summed E-state index contributed by atoms with van der Waals surface area (Å²) in [4.78, 5) is 12.4. The van der Waals surface area contributed by atoms with Gasteiger partial charge in [0.05, 0.1) is 18.6 Å². The minimum atomic E-state index is -0.589. The highest BCUT2D eigenvalue weighted by molar-refractivity contribution is 5.84. The quantitative estimate of drug-likeness (QED) is 0.820. The molecule has 1 heterocycles. The lowest BCUT2D eigenvalue weighted by atomic mass is 9.84. The van der Waals surface area contributed by atoms with Crippen LogP contribution < -0.4 is 11.1 Å². The number of fused-ring (bicyclic) bond motifs is 1.